The molecule has 0 bridgehead atoms. The van der Waals surface area contributed by atoms with Gasteiger partial charge in [0.25, 0.3) is 5.91 Å². The Morgan fingerprint density at radius 2 is 1.68 bits per heavy atom. The van der Waals surface area contributed by atoms with Gasteiger partial charge >= 0.3 is 6.03 Å². The summed E-state index contributed by atoms with van der Waals surface area (Å²) in [5.74, 6) is -0.173. The maximum absolute atomic E-state index is 13.2. The Hall–Kier alpha value is -3.68. The average molecular weight is 531 g/mol. The Morgan fingerprint density at radius 1 is 1.00 bits per heavy atom. The van der Waals surface area contributed by atoms with Crippen molar-refractivity contribution < 1.29 is 37.0 Å². The first-order valence-corrected chi connectivity index (χ1v) is 13.1. The number of fused-ring (bicyclic) bond motifs is 1. The first-order valence-electron chi connectivity index (χ1n) is 11.7. The van der Waals surface area contributed by atoms with Crippen LogP contribution in [0.4, 0.5) is 10.5 Å². The Bertz CT molecular complexity index is 1340. The Morgan fingerprint density at radius 3 is 2.38 bits per heavy atom. The van der Waals surface area contributed by atoms with Gasteiger partial charge in [-0.05, 0) is 48.9 Å². The normalized spacial score (nSPS) is 22.0. The summed E-state index contributed by atoms with van der Waals surface area (Å²) in [7, 11) is -3.67. The number of imide groups is 1. The van der Waals surface area contributed by atoms with Crippen molar-refractivity contribution in [2.45, 2.75) is 17.4 Å². The van der Waals surface area contributed by atoms with Crippen molar-refractivity contribution in [3.05, 3.63) is 48.0 Å². The van der Waals surface area contributed by atoms with Gasteiger partial charge in [-0.1, -0.05) is 6.07 Å². The van der Waals surface area contributed by atoms with Crippen molar-refractivity contribution >= 4 is 33.6 Å². The third-order valence-corrected chi connectivity index (χ3v) is 8.35. The van der Waals surface area contributed by atoms with E-state index < -0.39 is 40.0 Å². The first-order chi connectivity index (χ1) is 17.7. The Kier molecular flexibility index (Phi) is 6.52. The molecule has 2 fully saturated rings. The largest absolute Gasteiger partial charge is 0.486 e. The zero-order valence-electron chi connectivity index (χ0n) is 20.1. The molecule has 3 heterocycles. The molecule has 5 rings (SSSR count). The van der Waals surface area contributed by atoms with Gasteiger partial charge < -0.3 is 24.8 Å². The Labute approximate surface area is 213 Å². The quantitative estimate of drug-likeness (QED) is 0.524. The van der Waals surface area contributed by atoms with Crippen molar-refractivity contribution in [2.24, 2.45) is 0 Å². The lowest BCUT2D eigenvalue weighted by molar-refractivity contribution is -0.133. The monoisotopic (exact) mass is 530 g/mol. The molecule has 37 heavy (non-hydrogen) atoms. The third-order valence-electron chi connectivity index (χ3n) is 6.44. The lowest BCUT2D eigenvalue weighted by Crippen LogP contribution is -2.42. The summed E-state index contributed by atoms with van der Waals surface area (Å²) in [4.78, 5) is 39.4. The van der Waals surface area contributed by atoms with E-state index in [-0.39, 0.29) is 18.0 Å². The highest BCUT2D eigenvalue weighted by atomic mass is 32.2. The van der Waals surface area contributed by atoms with Crippen molar-refractivity contribution in [3.63, 3.8) is 0 Å². The summed E-state index contributed by atoms with van der Waals surface area (Å²) in [5, 5.41) is 5.26. The maximum Gasteiger partial charge on any atom is 0.325 e. The van der Waals surface area contributed by atoms with E-state index in [4.69, 9.17) is 14.2 Å². The second kappa shape index (κ2) is 9.65. The van der Waals surface area contributed by atoms with Crippen LogP contribution in [-0.4, -0.2) is 81.5 Å². The molecule has 0 unspecified atom stereocenters. The fraction of sp³-hybridized carbons (Fsp3) is 0.375. The van der Waals surface area contributed by atoms with Gasteiger partial charge in [0.1, 0.15) is 25.3 Å². The van der Waals surface area contributed by atoms with Gasteiger partial charge in [0.15, 0.2) is 11.5 Å². The number of morpholine rings is 1. The number of carbonyl (C=O) groups is 3. The molecule has 2 saturated heterocycles. The highest BCUT2D eigenvalue weighted by Crippen LogP contribution is 2.36. The van der Waals surface area contributed by atoms with Crippen molar-refractivity contribution in [1.82, 2.24) is 14.5 Å². The SMILES string of the molecule is C[C@@]1(c2ccc3c(c2)OCCO3)NC(=O)N(CC(=O)Nc2ccc(S(=O)(=O)N3CCOCC3)cc2)C1=O. The highest BCUT2D eigenvalue weighted by Gasteiger charge is 2.49. The molecule has 0 aromatic heterocycles. The van der Waals surface area contributed by atoms with E-state index in [0.29, 0.717) is 49.2 Å². The van der Waals surface area contributed by atoms with E-state index in [1.165, 1.54) is 28.6 Å². The number of carbonyl (C=O) groups excluding carboxylic acids is 3. The zero-order chi connectivity index (χ0) is 26.2. The summed E-state index contributed by atoms with van der Waals surface area (Å²) in [5.41, 5.74) is -0.564. The van der Waals surface area contributed by atoms with Crippen LogP contribution < -0.4 is 20.1 Å². The van der Waals surface area contributed by atoms with Gasteiger partial charge in [-0.3, -0.25) is 14.5 Å². The Balaban J connectivity index is 1.24. The molecule has 0 spiro atoms. The van der Waals surface area contributed by atoms with Crippen LogP contribution >= 0.6 is 0 Å². The van der Waals surface area contributed by atoms with E-state index in [2.05, 4.69) is 10.6 Å². The molecule has 2 aromatic carbocycles. The number of sulfonamides is 1. The first kappa shape index (κ1) is 25.0. The molecule has 13 heteroatoms. The second-order valence-electron chi connectivity index (χ2n) is 8.89. The summed E-state index contributed by atoms with van der Waals surface area (Å²) in [6.07, 6.45) is 0. The van der Waals surface area contributed by atoms with Crippen LogP contribution in [0.25, 0.3) is 0 Å². The lowest BCUT2D eigenvalue weighted by Gasteiger charge is -2.26. The van der Waals surface area contributed by atoms with Crippen molar-refractivity contribution in [3.8, 4) is 11.5 Å². The number of urea groups is 1. The standard InChI is InChI=1S/C24H26N4O8S/c1-24(16-2-7-19-20(14-16)36-13-12-35-19)22(30)28(23(31)26-24)15-21(29)25-17-3-5-18(6-4-17)37(32,33)27-8-10-34-11-9-27/h2-7,14H,8-13,15H2,1H3,(H,25,29)(H,26,31)/t24-/m0/s1. The van der Waals surface area contributed by atoms with Gasteiger partial charge in [-0.15, -0.1) is 0 Å². The van der Waals surface area contributed by atoms with Crippen LogP contribution in [0.3, 0.4) is 0 Å². The molecule has 196 valence electrons. The predicted molar refractivity (Wildman–Crippen MR) is 130 cm³/mol. The van der Waals surface area contributed by atoms with Gasteiger partial charge in [0, 0.05) is 18.8 Å². The number of nitrogens with one attached hydrogen (secondary N) is 2. The number of rotatable bonds is 6. The van der Waals surface area contributed by atoms with Gasteiger partial charge in [0.05, 0.1) is 18.1 Å². The summed E-state index contributed by atoms with van der Waals surface area (Å²) in [6, 6.07) is 9.98. The number of nitrogens with zero attached hydrogens (tertiary/aromatic N) is 2. The third kappa shape index (κ3) is 4.72. The predicted octanol–water partition coefficient (Wildman–Crippen LogP) is 0.884. The van der Waals surface area contributed by atoms with Crippen molar-refractivity contribution in [2.75, 3.05) is 51.4 Å². The molecule has 0 radical (unpaired) electrons. The topological polar surface area (TPSA) is 144 Å². The molecule has 0 saturated carbocycles. The number of amides is 4. The molecule has 2 aromatic rings. The zero-order valence-corrected chi connectivity index (χ0v) is 20.9. The molecule has 3 aliphatic heterocycles. The van der Waals surface area contributed by atoms with Crippen LogP contribution in [0.15, 0.2) is 47.4 Å². The second-order valence-corrected chi connectivity index (χ2v) is 10.8. The number of anilines is 1. The number of ether oxygens (including phenoxy) is 3. The minimum absolute atomic E-state index is 0.0942. The number of hydrogen-bond donors (Lipinski definition) is 2. The van der Waals surface area contributed by atoms with Crippen LogP contribution in [0.2, 0.25) is 0 Å². The molecule has 4 amide bonds. The lowest BCUT2D eigenvalue weighted by atomic mass is 9.91. The van der Waals surface area contributed by atoms with E-state index >= 15 is 0 Å². The van der Waals surface area contributed by atoms with E-state index in [0.717, 1.165) is 4.90 Å². The molecule has 3 aliphatic rings. The molecule has 1 atom stereocenters. The van der Waals surface area contributed by atoms with Gasteiger partial charge in [-0.25, -0.2) is 13.2 Å². The molecule has 0 aliphatic carbocycles. The average Bonchev–Trinajstić information content (AvgIpc) is 3.13. The van der Waals surface area contributed by atoms with Crippen LogP contribution in [-0.2, 0) is 29.9 Å². The molecule has 2 N–H and O–H groups in total. The minimum atomic E-state index is -3.67. The van der Waals surface area contributed by atoms with Gasteiger partial charge in [0.2, 0.25) is 15.9 Å². The summed E-state index contributed by atoms with van der Waals surface area (Å²) < 4.78 is 43.2. The summed E-state index contributed by atoms with van der Waals surface area (Å²) >= 11 is 0. The molecule has 12 nitrogen and oxygen atoms in total. The van der Waals surface area contributed by atoms with Crippen LogP contribution in [0, 0.1) is 0 Å². The molecular weight excluding hydrogens is 504 g/mol. The smallest absolute Gasteiger partial charge is 0.325 e. The fourth-order valence-electron chi connectivity index (χ4n) is 4.38. The van der Waals surface area contributed by atoms with E-state index in [9.17, 15) is 22.8 Å². The number of benzene rings is 2. The van der Waals surface area contributed by atoms with E-state index in [1.807, 2.05) is 0 Å². The number of hydrogen-bond acceptors (Lipinski definition) is 8. The van der Waals surface area contributed by atoms with Gasteiger partial charge in [-0.2, -0.15) is 4.31 Å². The summed E-state index contributed by atoms with van der Waals surface area (Å²) in [6.45, 7) is 3.07. The molecular formula is C24H26N4O8S. The minimum Gasteiger partial charge on any atom is -0.486 e. The van der Waals surface area contributed by atoms with Crippen molar-refractivity contribution in [1.29, 1.82) is 0 Å². The van der Waals surface area contributed by atoms with Crippen LogP contribution in [0.5, 0.6) is 11.5 Å². The fourth-order valence-corrected chi connectivity index (χ4v) is 5.79. The maximum atomic E-state index is 13.2. The van der Waals surface area contributed by atoms with Crippen LogP contribution in [0.1, 0.15) is 12.5 Å². The highest BCUT2D eigenvalue weighted by molar-refractivity contribution is 7.89. The van der Waals surface area contributed by atoms with E-state index in [1.54, 1.807) is 25.1 Å².